The Kier molecular flexibility index (Phi) is 2.13. The maximum atomic E-state index is 10.3. The van der Waals surface area contributed by atoms with Gasteiger partial charge in [-0.1, -0.05) is 36.4 Å². The third-order valence-electron chi connectivity index (χ3n) is 4.76. The smallest absolute Gasteiger partial charge is 0.118 e. The molecular weight excluding hydrogens is 264 g/mol. The van der Waals surface area contributed by atoms with Gasteiger partial charge in [0.1, 0.15) is 24.4 Å². The molecule has 0 radical (unpaired) electrons. The Balaban J connectivity index is 1.87. The van der Waals surface area contributed by atoms with Crippen LogP contribution in [0.5, 0.6) is 0 Å². The van der Waals surface area contributed by atoms with E-state index in [0.29, 0.717) is 0 Å². The summed E-state index contributed by atoms with van der Waals surface area (Å²) < 4.78 is 5.51. The first kappa shape index (κ1) is 11.7. The molecule has 1 aliphatic heterocycles. The number of hydrogen-bond acceptors (Lipinski definition) is 3. The second kappa shape index (κ2) is 3.83. The van der Waals surface area contributed by atoms with Crippen molar-refractivity contribution in [2.24, 2.45) is 0 Å². The molecule has 2 N–H and O–H groups in total. The van der Waals surface area contributed by atoms with E-state index in [2.05, 4.69) is 30.3 Å². The Morgan fingerprint density at radius 1 is 0.810 bits per heavy atom. The Labute approximate surface area is 121 Å². The van der Waals surface area contributed by atoms with Gasteiger partial charge in [0.15, 0.2) is 0 Å². The first-order valence-corrected chi connectivity index (χ1v) is 7.21. The summed E-state index contributed by atoms with van der Waals surface area (Å²) in [5.41, 5.74) is 1.81. The highest BCUT2D eigenvalue weighted by Gasteiger charge is 2.53. The van der Waals surface area contributed by atoms with Crippen LogP contribution in [0.2, 0.25) is 0 Å². The van der Waals surface area contributed by atoms with Crippen molar-refractivity contribution in [3.8, 4) is 0 Å². The molecule has 1 fully saturated rings. The first-order chi connectivity index (χ1) is 10.2. The SMILES string of the molecule is OC1[C@@H](O)c2cc3c(ccc4ccccc43)cc2[C@H]2O[C@@H]12. The summed E-state index contributed by atoms with van der Waals surface area (Å²) in [6, 6.07) is 16.5. The highest BCUT2D eigenvalue weighted by atomic mass is 16.6. The van der Waals surface area contributed by atoms with Crippen LogP contribution in [0.15, 0.2) is 48.5 Å². The van der Waals surface area contributed by atoms with Crippen LogP contribution in [0.3, 0.4) is 0 Å². The van der Waals surface area contributed by atoms with E-state index in [1.165, 1.54) is 10.8 Å². The lowest BCUT2D eigenvalue weighted by Crippen LogP contribution is -2.28. The molecule has 3 aromatic rings. The maximum absolute atomic E-state index is 10.3. The van der Waals surface area contributed by atoms with E-state index in [-0.39, 0.29) is 12.2 Å². The predicted molar refractivity (Wildman–Crippen MR) is 80.0 cm³/mol. The van der Waals surface area contributed by atoms with Crippen LogP contribution in [0.25, 0.3) is 21.5 Å². The zero-order valence-corrected chi connectivity index (χ0v) is 11.2. The van der Waals surface area contributed by atoms with Gasteiger partial charge in [-0.3, -0.25) is 0 Å². The Morgan fingerprint density at radius 3 is 2.52 bits per heavy atom. The van der Waals surface area contributed by atoms with Crippen molar-refractivity contribution in [1.29, 1.82) is 0 Å². The van der Waals surface area contributed by atoms with Crippen molar-refractivity contribution in [3.05, 3.63) is 59.7 Å². The Hall–Kier alpha value is -1.94. The number of epoxide rings is 1. The zero-order valence-electron chi connectivity index (χ0n) is 11.2. The molecule has 0 aromatic heterocycles. The minimum Gasteiger partial charge on any atom is -0.387 e. The molecule has 21 heavy (non-hydrogen) atoms. The molecule has 1 heterocycles. The molecule has 104 valence electrons. The van der Waals surface area contributed by atoms with Crippen molar-refractivity contribution >= 4 is 21.5 Å². The third-order valence-corrected chi connectivity index (χ3v) is 4.76. The van der Waals surface area contributed by atoms with Crippen molar-refractivity contribution in [2.75, 3.05) is 0 Å². The van der Waals surface area contributed by atoms with Crippen LogP contribution in [0.4, 0.5) is 0 Å². The molecule has 1 saturated heterocycles. The van der Waals surface area contributed by atoms with Gasteiger partial charge < -0.3 is 14.9 Å². The average Bonchev–Trinajstić information content (AvgIpc) is 3.32. The fraction of sp³-hybridized carbons (Fsp3) is 0.222. The molecule has 4 atom stereocenters. The van der Waals surface area contributed by atoms with Gasteiger partial charge in [0.05, 0.1) is 0 Å². The molecule has 0 amide bonds. The molecule has 3 aromatic carbocycles. The number of fused-ring (bicyclic) bond motifs is 6. The fourth-order valence-corrected chi connectivity index (χ4v) is 3.59. The number of hydrogen-bond donors (Lipinski definition) is 2. The molecule has 1 aliphatic carbocycles. The number of aliphatic hydroxyl groups excluding tert-OH is 2. The summed E-state index contributed by atoms with van der Waals surface area (Å²) in [5, 5.41) is 25.0. The van der Waals surface area contributed by atoms with Gasteiger partial charge in [-0.15, -0.1) is 0 Å². The van der Waals surface area contributed by atoms with Gasteiger partial charge in [-0.25, -0.2) is 0 Å². The van der Waals surface area contributed by atoms with Crippen LogP contribution in [0.1, 0.15) is 23.3 Å². The second-order valence-electron chi connectivity index (χ2n) is 5.95. The first-order valence-electron chi connectivity index (χ1n) is 7.21. The van der Waals surface area contributed by atoms with E-state index in [1.54, 1.807) is 0 Å². The standard InChI is InChI=1S/C18H14O3/c19-15-13-8-12-10(6-5-9-3-1-2-4-11(9)12)7-14(13)17-18(21-17)16(15)20/h1-8,15-20H/t15-,16?,17+,18-/m0/s1. The van der Waals surface area contributed by atoms with Crippen LogP contribution in [-0.2, 0) is 4.74 Å². The van der Waals surface area contributed by atoms with E-state index >= 15 is 0 Å². The average molecular weight is 278 g/mol. The lowest BCUT2D eigenvalue weighted by molar-refractivity contribution is 0.0000752. The monoisotopic (exact) mass is 278 g/mol. The second-order valence-corrected chi connectivity index (χ2v) is 5.95. The van der Waals surface area contributed by atoms with Crippen LogP contribution in [0, 0.1) is 0 Å². The summed E-state index contributed by atoms with van der Waals surface area (Å²) in [6.45, 7) is 0. The van der Waals surface area contributed by atoms with Gasteiger partial charge in [0, 0.05) is 0 Å². The number of rotatable bonds is 0. The predicted octanol–water partition coefficient (Wildman–Crippen LogP) is 2.84. The quantitative estimate of drug-likeness (QED) is 0.491. The zero-order chi connectivity index (χ0) is 14.1. The number of aliphatic hydroxyl groups is 2. The molecule has 0 bridgehead atoms. The molecule has 5 rings (SSSR count). The summed E-state index contributed by atoms with van der Waals surface area (Å²) in [6.07, 6.45) is -2.00. The highest BCUT2D eigenvalue weighted by molar-refractivity contribution is 6.08. The van der Waals surface area contributed by atoms with Gasteiger partial charge >= 0.3 is 0 Å². The van der Waals surface area contributed by atoms with E-state index in [9.17, 15) is 10.2 Å². The highest BCUT2D eigenvalue weighted by Crippen LogP contribution is 2.51. The summed E-state index contributed by atoms with van der Waals surface area (Å²) in [7, 11) is 0. The van der Waals surface area contributed by atoms with Crippen LogP contribution >= 0.6 is 0 Å². The van der Waals surface area contributed by atoms with Crippen molar-refractivity contribution in [2.45, 2.75) is 24.4 Å². The minimum atomic E-state index is -0.868. The summed E-state index contributed by atoms with van der Waals surface area (Å²) in [4.78, 5) is 0. The van der Waals surface area contributed by atoms with Crippen molar-refractivity contribution in [1.82, 2.24) is 0 Å². The van der Waals surface area contributed by atoms with E-state index in [4.69, 9.17) is 4.74 Å². The Bertz CT molecular complexity index is 886. The van der Waals surface area contributed by atoms with Gasteiger partial charge in [0.2, 0.25) is 0 Å². The van der Waals surface area contributed by atoms with Crippen molar-refractivity contribution in [3.63, 3.8) is 0 Å². The van der Waals surface area contributed by atoms with Crippen LogP contribution < -0.4 is 0 Å². The van der Waals surface area contributed by atoms with E-state index in [0.717, 1.165) is 21.9 Å². The molecule has 0 saturated carbocycles. The molecule has 3 heteroatoms. The minimum absolute atomic E-state index is 0.0609. The lowest BCUT2D eigenvalue weighted by Gasteiger charge is -2.24. The van der Waals surface area contributed by atoms with Gasteiger partial charge in [0.25, 0.3) is 0 Å². The molecule has 3 nitrogen and oxygen atoms in total. The third kappa shape index (κ3) is 1.48. The maximum Gasteiger partial charge on any atom is 0.118 e. The lowest BCUT2D eigenvalue weighted by atomic mass is 9.85. The largest absolute Gasteiger partial charge is 0.387 e. The fourth-order valence-electron chi connectivity index (χ4n) is 3.59. The summed E-state index contributed by atoms with van der Waals surface area (Å²) in [5.74, 6) is 0. The number of ether oxygens (including phenoxy) is 1. The summed E-state index contributed by atoms with van der Waals surface area (Å²) >= 11 is 0. The number of benzene rings is 3. The normalized spacial score (nSPS) is 30.2. The molecule has 1 unspecified atom stereocenters. The molecule has 0 spiro atoms. The van der Waals surface area contributed by atoms with Gasteiger partial charge in [-0.2, -0.15) is 0 Å². The topological polar surface area (TPSA) is 53.0 Å². The molecular formula is C18H14O3. The van der Waals surface area contributed by atoms with Crippen LogP contribution in [-0.4, -0.2) is 22.4 Å². The molecule has 2 aliphatic rings. The van der Waals surface area contributed by atoms with E-state index < -0.39 is 12.2 Å². The van der Waals surface area contributed by atoms with E-state index in [1.807, 2.05) is 18.2 Å². The Morgan fingerprint density at radius 2 is 1.62 bits per heavy atom. The van der Waals surface area contributed by atoms with Crippen molar-refractivity contribution < 1.29 is 14.9 Å². The van der Waals surface area contributed by atoms with Gasteiger partial charge in [-0.05, 0) is 44.8 Å².